The van der Waals surface area contributed by atoms with Crippen molar-refractivity contribution in [1.82, 2.24) is 19.9 Å². The monoisotopic (exact) mass is 718 g/mol. The van der Waals surface area contributed by atoms with Gasteiger partial charge in [0.05, 0.1) is 11.7 Å². The molecular formula is C39H59ClN10O. The van der Waals surface area contributed by atoms with Gasteiger partial charge in [-0.15, -0.1) is 0 Å². The van der Waals surface area contributed by atoms with Crippen LogP contribution in [0.2, 0.25) is 5.02 Å². The lowest BCUT2D eigenvalue weighted by molar-refractivity contribution is 0.574. The zero-order chi connectivity index (χ0) is 37.9. The number of guanidine groups is 2. The van der Waals surface area contributed by atoms with Gasteiger partial charge < -0.3 is 33.2 Å². The molecule has 51 heavy (non-hydrogen) atoms. The third-order valence-electron chi connectivity index (χ3n) is 8.52. The summed E-state index contributed by atoms with van der Waals surface area (Å²) in [6, 6.07) is 14.6. The first kappa shape index (κ1) is 41.1. The lowest BCUT2D eigenvalue weighted by Crippen LogP contribution is -2.24. The predicted octanol–water partition coefficient (Wildman–Crippen LogP) is 5.95. The average Bonchev–Trinajstić information content (AvgIpc) is 3.46. The molecule has 2 heterocycles. The summed E-state index contributed by atoms with van der Waals surface area (Å²) < 4.78 is 1.58. The van der Waals surface area contributed by atoms with Crippen molar-refractivity contribution in [3.63, 3.8) is 0 Å². The first-order chi connectivity index (χ1) is 23.9. The molecule has 0 unspecified atom stereocenters. The molecule has 11 nitrogen and oxygen atoms in total. The Morgan fingerprint density at radius 3 is 2.24 bits per heavy atom. The van der Waals surface area contributed by atoms with E-state index >= 15 is 0 Å². The van der Waals surface area contributed by atoms with Crippen LogP contribution in [0.25, 0.3) is 16.7 Å². The van der Waals surface area contributed by atoms with Gasteiger partial charge in [0.2, 0.25) is 0 Å². The Bertz CT molecular complexity index is 1840. The molecule has 0 radical (unpaired) electrons. The SMILES string of the molecule is CC(C)(C)c1cc2cn(-c3ccc(CNCCCN=C(N)N)cc3)c(=O)nc2[nH]1.CCc1cc(CCC[C@H](C)N=C(N)N)cc(C(C)(C)C)c1Cl. The van der Waals surface area contributed by atoms with Gasteiger partial charge in [0.15, 0.2) is 11.9 Å². The van der Waals surface area contributed by atoms with Crippen molar-refractivity contribution in [2.75, 3.05) is 13.1 Å². The lowest BCUT2D eigenvalue weighted by Gasteiger charge is -2.23. The number of H-pyrrole nitrogens is 1. The Morgan fingerprint density at radius 2 is 1.65 bits per heavy atom. The molecule has 0 amide bonds. The van der Waals surface area contributed by atoms with Crippen molar-refractivity contribution in [2.45, 2.75) is 111 Å². The summed E-state index contributed by atoms with van der Waals surface area (Å²) in [5, 5.41) is 5.19. The van der Waals surface area contributed by atoms with Gasteiger partial charge in [-0.25, -0.2) is 4.79 Å². The Labute approximate surface area is 308 Å². The van der Waals surface area contributed by atoms with Crippen molar-refractivity contribution in [3.05, 3.63) is 92.1 Å². The number of fused-ring (bicyclic) bond motifs is 1. The van der Waals surface area contributed by atoms with Gasteiger partial charge in [-0.2, -0.15) is 4.98 Å². The van der Waals surface area contributed by atoms with Gasteiger partial charge in [-0.3, -0.25) is 14.6 Å². The minimum atomic E-state index is -0.301. The van der Waals surface area contributed by atoms with Crippen LogP contribution in [-0.4, -0.2) is 45.6 Å². The largest absolute Gasteiger partial charge is 0.370 e. The maximum Gasteiger partial charge on any atom is 0.354 e. The molecule has 0 aliphatic carbocycles. The number of aliphatic imine (C=N–C) groups is 2. The molecule has 2 aromatic carbocycles. The maximum absolute atomic E-state index is 12.5. The first-order valence-electron chi connectivity index (χ1n) is 17.8. The highest BCUT2D eigenvalue weighted by Crippen LogP contribution is 2.34. The van der Waals surface area contributed by atoms with Crippen LogP contribution in [0.1, 0.15) is 103 Å². The number of nitrogens with zero attached hydrogens (tertiary/aromatic N) is 4. The van der Waals surface area contributed by atoms with E-state index in [2.05, 4.69) is 91.9 Å². The zero-order valence-corrected chi connectivity index (χ0v) is 32.5. The number of hydrogen-bond acceptors (Lipinski definition) is 5. The van der Waals surface area contributed by atoms with Gasteiger partial charge in [0.1, 0.15) is 5.65 Å². The summed E-state index contributed by atoms with van der Waals surface area (Å²) in [4.78, 5) is 28.1. The highest BCUT2D eigenvalue weighted by molar-refractivity contribution is 6.32. The molecule has 0 aliphatic heterocycles. The number of rotatable bonds is 13. The standard InChI is InChI=1S/C21H29N7O.C18H30ClN3/c1-21(2,3)17-11-15-13-28(20(29)27-18(15)26-17)16-7-5-14(6-8-16)12-24-9-4-10-25-19(22)23;1-6-14-10-13(9-7-8-12(2)22-17(20)21)11-15(16(14)19)18(3,4)5/h5-8,11,13,24H,4,9-10,12H2,1-3H3,(H4,22,23,25)(H,26,27,29);10-12H,6-9H2,1-5H3,(H4,20,21,22)/t;12-/m.0/s1. The van der Waals surface area contributed by atoms with Gasteiger partial charge in [-0.1, -0.05) is 84.3 Å². The van der Waals surface area contributed by atoms with Crippen LogP contribution in [0, 0.1) is 0 Å². The molecule has 10 N–H and O–H groups in total. The molecule has 278 valence electrons. The maximum atomic E-state index is 12.5. The first-order valence-corrected chi connectivity index (χ1v) is 18.2. The van der Waals surface area contributed by atoms with Crippen molar-refractivity contribution in [3.8, 4) is 5.69 Å². The van der Waals surface area contributed by atoms with Crippen LogP contribution in [0.15, 0.2) is 63.4 Å². The predicted molar refractivity (Wildman–Crippen MR) is 215 cm³/mol. The molecule has 0 saturated heterocycles. The minimum absolute atomic E-state index is 0.0352. The van der Waals surface area contributed by atoms with E-state index in [4.69, 9.17) is 34.5 Å². The van der Waals surface area contributed by atoms with Crippen LogP contribution in [-0.2, 0) is 30.2 Å². The van der Waals surface area contributed by atoms with E-state index in [1.54, 1.807) is 4.57 Å². The molecule has 0 aliphatic rings. The quantitative estimate of drug-likeness (QED) is 0.0559. The number of nitrogens with two attached hydrogens (primary N) is 4. The fraction of sp³-hybridized carbons (Fsp3) is 0.487. The van der Waals surface area contributed by atoms with Crippen molar-refractivity contribution < 1.29 is 0 Å². The highest BCUT2D eigenvalue weighted by Gasteiger charge is 2.20. The summed E-state index contributed by atoms with van der Waals surface area (Å²) in [5.41, 5.74) is 28.6. The fourth-order valence-electron chi connectivity index (χ4n) is 5.62. The summed E-state index contributed by atoms with van der Waals surface area (Å²) in [7, 11) is 0. The molecule has 0 fully saturated rings. The number of nitrogens with one attached hydrogen (secondary N) is 2. The van der Waals surface area contributed by atoms with Crippen LogP contribution in [0.5, 0.6) is 0 Å². The number of aryl methyl sites for hydroxylation is 2. The van der Waals surface area contributed by atoms with E-state index in [0.717, 1.165) is 72.5 Å². The van der Waals surface area contributed by atoms with Crippen molar-refractivity contribution >= 4 is 34.6 Å². The normalized spacial score (nSPS) is 12.3. The van der Waals surface area contributed by atoms with E-state index in [-0.39, 0.29) is 34.5 Å². The van der Waals surface area contributed by atoms with Crippen LogP contribution in [0.3, 0.4) is 0 Å². The van der Waals surface area contributed by atoms with Crippen LogP contribution in [0.4, 0.5) is 0 Å². The smallest absolute Gasteiger partial charge is 0.354 e. The van der Waals surface area contributed by atoms with Crippen LogP contribution >= 0.6 is 11.6 Å². The molecule has 0 spiro atoms. The second kappa shape index (κ2) is 18.2. The molecule has 0 bridgehead atoms. The molecule has 0 saturated carbocycles. The lowest BCUT2D eigenvalue weighted by atomic mass is 9.84. The third-order valence-corrected chi connectivity index (χ3v) is 8.97. The summed E-state index contributed by atoms with van der Waals surface area (Å²) >= 11 is 6.56. The van der Waals surface area contributed by atoms with E-state index in [1.807, 2.05) is 37.4 Å². The third kappa shape index (κ3) is 12.7. The Balaban J connectivity index is 0.000000287. The highest BCUT2D eigenvalue weighted by atomic mass is 35.5. The molecule has 12 heteroatoms. The number of benzene rings is 2. The Hall–Kier alpha value is -4.35. The van der Waals surface area contributed by atoms with E-state index in [1.165, 1.54) is 16.7 Å². The van der Waals surface area contributed by atoms with Gasteiger partial charge in [0, 0.05) is 40.8 Å². The second-order valence-corrected chi connectivity index (χ2v) is 15.5. The average molecular weight is 719 g/mol. The summed E-state index contributed by atoms with van der Waals surface area (Å²) in [6.07, 6.45) is 6.73. The fourth-order valence-corrected chi connectivity index (χ4v) is 6.15. The molecule has 1 atom stereocenters. The van der Waals surface area contributed by atoms with E-state index < -0.39 is 0 Å². The molecule has 4 aromatic rings. The van der Waals surface area contributed by atoms with Gasteiger partial charge >= 0.3 is 5.69 Å². The minimum Gasteiger partial charge on any atom is -0.370 e. The van der Waals surface area contributed by atoms with E-state index in [9.17, 15) is 4.79 Å². The van der Waals surface area contributed by atoms with Gasteiger partial charge in [0.25, 0.3) is 0 Å². The second-order valence-electron chi connectivity index (χ2n) is 15.1. The summed E-state index contributed by atoms with van der Waals surface area (Å²) in [6.45, 7) is 19.4. The zero-order valence-electron chi connectivity index (χ0n) is 31.7. The molecule has 2 aromatic heterocycles. The topological polar surface area (TPSA) is 192 Å². The Kier molecular flexibility index (Phi) is 14.7. The molecule has 4 rings (SSSR count). The number of aromatic nitrogens is 3. The number of aromatic amines is 1. The van der Waals surface area contributed by atoms with E-state index in [0.29, 0.717) is 12.2 Å². The van der Waals surface area contributed by atoms with Crippen LogP contribution < -0.4 is 33.9 Å². The Morgan fingerprint density at radius 1 is 0.961 bits per heavy atom. The summed E-state index contributed by atoms with van der Waals surface area (Å²) in [5.74, 6) is 0.292. The van der Waals surface area contributed by atoms with Crippen molar-refractivity contribution in [2.24, 2.45) is 32.9 Å². The number of hydrogen-bond donors (Lipinski definition) is 6. The van der Waals surface area contributed by atoms with Crippen molar-refractivity contribution in [1.29, 1.82) is 0 Å². The number of halogens is 1. The van der Waals surface area contributed by atoms with Gasteiger partial charge in [-0.05, 0) is 91.4 Å². The molecular weight excluding hydrogens is 660 g/mol.